The normalized spacial score (nSPS) is 15.3. The van der Waals surface area contributed by atoms with Gasteiger partial charge in [-0.05, 0) is 35.9 Å². The van der Waals surface area contributed by atoms with Crippen LogP contribution in [0.1, 0.15) is 36.9 Å². The molecular formula is C30H22Cl2N4O2. The number of aromatic amines is 1. The average molecular weight is 541 g/mol. The summed E-state index contributed by atoms with van der Waals surface area (Å²) in [4.78, 5) is 34.3. The SMILES string of the molecule is CCC(=O)N1N=C(c2c(-c3ccc(Cl)cc3)c3ccccc3[nH]c2=O)CC1c1cc2ccccc2nc1Cl. The van der Waals surface area contributed by atoms with E-state index in [1.54, 1.807) is 19.1 Å². The molecule has 1 amide bonds. The number of pyridine rings is 2. The van der Waals surface area contributed by atoms with Gasteiger partial charge in [0.05, 0.1) is 22.8 Å². The second-order valence-electron chi connectivity index (χ2n) is 9.18. The van der Waals surface area contributed by atoms with Crippen molar-refractivity contribution < 1.29 is 4.79 Å². The van der Waals surface area contributed by atoms with Crippen molar-refractivity contribution in [3.63, 3.8) is 0 Å². The minimum absolute atomic E-state index is 0.167. The number of fused-ring (bicyclic) bond motifs is 2. The molecule has 38 heavy (non-hydrogen) atoms. The molecule has 1 aliphatic heterocycles. The van der Waals surface area contributed by atoms with Gasteiger partial charge in [-0.1, -0.05) is 78.7 Å². The monoisotopic (exact) mass is 540 g/mol. The fraction of sp³-hybridized carbons (Fsp3) is 0.133. The van der Waals surface area contributed by atoms with E-state index in [0.717, 1.165) is 27.4 Å². The van der Waals surface area contributed by atoms with Crippen LogP contribution in [0.25, 0.3) is 32.9 Å². The number of H-pyrrole nitrogens is 1. The standard InChI is InChI=1S/C30H22Cl2N4O2/c1-2-26(37)36-25(21-15-18-7-3-5-9-22(18)33-29(21)32)16-24(35-36)28-27(17-11-13-19(31)14-12-17)20-8-4-6-10-23(20)34-30(28)38/h3-15,25H,2,16H2,1H3,(H,34,38). The van der Waals surface area contributed by atoms with Gasteiger partial charge in [-0.3, -0.25) is 9.59 Å². The lowest BCUT2D eigenvalue weighted by Gasteiger charge is -2.22. The van der Waals surface area contributed by atoms with E-state index < -0.39 is 6.04 Å². The molecule has 3 aromatic carbocycles. The Morgan fingerprint density at radius 1 is 1.00 bits per heavy atom. The first-order valence-electron chi connectivity index (χ1n) is 12.3. The number of para-hydroxylation sites is 2. The Hall–Kier alpha value is -4.00. The highest BCUT2D eigenvalue weighted by atomic mass is 35.5. The van der Waals surface area contributed by atoms with Gasteiger partial charge in [0.15, 0.2) is 0 Å². The lowest BCUT2D eigenvalue weighted by atomic mass is 9.91. The van der Waals surface area contributed by atoms with Crippen LogP contribution in [0.3, 0.4) is 0 Å². The Morgan fingerprint density at radius 3 is 2.53 bits per heavy atom. The molecule has 0 saturated heterocycles. The molecule has 1 unspecified atom stereocenters. The summed E-state index contributed by atoms with van der Waals surface area (Å²) >= 11 is 12.8. The van der Waals surface area contributed by atoms with E-state index in [9.17, 15) is 9.59 Å². The fourth-order valence-corrected chi connectivity index (χ4v) is 5.47. The predicted octanol–water partition coefficient (Wildman–Crippen LogP) is 7.14. The summed E-state index contributed by atoms with van der Waals surface area (Å²) < 4.78 is 0. The van der Waals surface area contributed by atoms with Crippen molar-refractivity contribution in [2.24, 2.45) is 5.10 Å². The van der Waals surface area contributed by atoms with E-state index in [0.29, 0.717) is 39.0 Å². The number of halogens is 2. The van der Waals surface area contributed by atoms with Crippen LogP contribution in [0.15, 0.2) is 88.8 Å². The molecule has 1 atom stereocenters. The Balaban J connectivity index is 1.56. The van der Waals surface area contributed by atoms with Crippen LogP contribution in [-0.2, 0) is 4.79 Å². The number of nitrogens with one attached hydrogen (secondary N) is 1. The van der Waals surface area contributed by atoms with E-state index in [-0.39, 0.29) is 17.9 Å². The summed E-state index contributed by atoms with van der Waals surface area (Å²) in [6.45, 7) is 1.79. The minimum atomic E-state index is -0.494. The molecule has 5 aromatic rings. The van der Waals surface area contributed by atoms with Gasteiger partial charge < -0.3 is 4.98 Å². The summed E-state index contributed by atoms with van der Waals surface area (Å²) in [5, 5.41) is 8.89. The van der Waals surface area contributed by atoms with Gasteiger partial charge in [-0.25, -0.2) is 9.99 Å². The molecule has 0 aliphatic carbocycles. The smallest absolute Gasteiger partial charge is 0.258 e. The quantitative estimate of drug-likeness (QED) is 0.246. The van der Waals surface area contributed by atoms with E-state index in [1.165, 1.54) is 5.01 Å². The number of carbonyl (C=O) groups excluding carboxylic acids is 1. The van der Waals surface area contributed by atoms with Crippen molar-refractivity contribution in [2.75, 3.05) is 0 Å². The van der Waals surface area contributed by atoms with Crippen LogP contribution < -0.4 is 5.56 Å². The molecule has 188 valence electrons. The van der Waals surface area contributed by atoms with E-state index in [4.69, 9.17) is 28.3 Å². The lowest BCUT2D eigenvalue weighted by molar-refractivity contribution is -0.132. The molecule has 1 N–H and O–H groups in total. The first-order valence-corrected chi connectivity index (χ1v) is 13.1. The predicted molar refractivity (Wildman–Crippen MR) is 153 cm³/mol. The number of hydrazone groups is 1. The molecule has 6 rings (SSSR count). The third kappa shape index (κ3) is 4.16. The van der Waals surface area contributed by atoms with Crippen LogP contribution >= 0.6 is 23.2 Å². The zero-order valence-electron chi connectivity index (χ0n) is 20.4. The molecule has 0 fully saturated rings. The van der Waals surface area contributed by atoms with Crippen molar-refractivity contribution in [2.45, 2.75) is 25.8 Å². The molecule has 0 saturated carbocycles. The Labute approximate surface area is 228 Å². The first kappa shape index (κ1) is 24.3. The number of carbonyl (C=O) groups is 1. The van der Waals surface area contributed by atoms with E-state index in [2.05, 4.69) is 9.97 Å². The number of amides is 1. The number of nitrogens with zero attached hydrogens (tertiary/aromatic N) is 3. The third-order valence-corrected chi connectivity index (χ3v) is 7.43. The molecule has 6 nitrogen and oxygen atoms in total. The summed E-state index contributed by atoms with van der Waals surface area (Å²) in [6, 6.07) is 24.1. The summed E-state index contributed by atoms with van der Waals surface area (Å²) in [5.74, 6) is -0.167. The van der Waals surface area contributed by atoms with Gasteiger partial charge in [0.1, 0.15) is 5.15 Å². The number of hydrogen-bond acceptors (Lipinski definition) is 4. The average Bonchev–Trinajstić information content (AvgIpc) is 3.36. The van der Waals surface area contributed by atoms with Crippen LogP contribution in [-0.4, -0.2) is 26.6 Å². The number of aromatic nitrogens is 2. The minimum Gasteiger partial charge on any atom is -0.321 e. The van der Waals surface area contributed by atoms with Crippen molar-refractivity contribution in [3.8, 4) is 11.1 Å². The highest BCUT2D eigenvalue weighted by molar-refractivity contribution is 6.31. The highest BCUT2D eigenvalue weighted by Crippen LogP contribution is 2.39. The molecule has 1 aliphatic rings. The van der Waals surface area contributed by atoms with Crippen molar-refractivity contribution in [1.29, 1.82) is 0 Å². The van der Waals surface area contributed by atoms with E-state index >= 15 is 0 Å². The van der Waals surface area contributed by atoms with Crippen molar-refractivity contribution >= 4 is 56.6 Å². The summed E-state index contributed by atoms with van der Waals surface area (Å²) in [7, 11) is 0. The maximum atomic E-state index is 13.6. The van der Waals surface area contributed by atoms with Crippen LogP contribution in [0.5, 0.6) is 0 Å². The Morgan fingerprint density at radius 2 is 1.74 bits per heavy atom. The summed E-state index contributed by atoms with van der Waals surface area (Å²) in [6.07, 6.45) is 0.567. The summed E-state index contributed by atoms with van der Waals surface area (Å²) in [5.41, 5.74) is 4.40. The Kier molecular flexibility index (Phi) is 6.22. The second-order valence-corrected chi connectivity index (χ2v) is 9.97. The van der Waals surface area contributed by atoms with Crippen molar-refractivity contribution in [1.82, 2.24) is 15.0 Å². The third-order valence-electron chi connectivity index (χ3n) is 6.88. The van der Waals surface area contributed by atoms with Gasteiger partial charge in [-0.2, -0.15) is 5.10 Å². The number of hydrogen-bond donors (Lipinski definition) is 1. The van der Waals surface area contributed by atoms with Crippen LogP contribution in [0.2, 0.25) is 10.2 Å². The molecule has 3 heterocycles. The van der Waals surface area contributed by atoms with Gasteiger partial charge in [0.25, 0.3) is 5.56 Å². The van der Waals surface area contributed by atoms with Crippen LogP contribution in [0.4, 0.5) is 0 Å². The number of rotatable bonds is 4. The number of benzene rings is 3. The van der Waals surface area contributed by atoms with Gasteiger partial charge >= 0.3 is 0 Å². The molecule has 2 aromatic heterocycles. The topological polar surface area (TPSA) is 78.4 Å². The first-order chi connectivity index (χ1) is 18.4. The van der Waals surface area contributed by atoms with Gasteiger partial charge in [0.2, 0.25) is 5.91 Å². The molecular weight excluding hydrogens is 519 g/mol. The molecule has 8 heteroatoms. The molecule has 0 bridgehead atoms. The maximum Gasteiger partial charge on any atom is 0.258 e. The molecule has 0 spiro atoms. The molecule has 0 radical (unpaired) electrons. The highest BCUT2D eigenvalue weighted by Gasteiger charge is 2.36. The zero-order chi connectivity index (χ0) is 26.4. The van der Waals surface area contributed by atoms with Crippen LogP contribution in [0, 0.1) is 0 Å². The second kappa shape index (κ2) is 9.71. The lowest BCUT2D eigenvalue weighted by Crippen LogP contribution is -2.26. The van der Waals surface area contributed by atoms with Crippen molar-refractivity contribution in [3.05, 3.63) is 111 Å². The van der Waals surface area contributed by atoms with Gasteiger partial charge in [0, 0.05) is 45.3 Å². The fourth-order valence-electron chi connectivity index (χ4n) is 5.07. The maximum absolute atomic E-state index is 13.6. The Bertz CT molecular complexity index is 1810. The zero-order valence-corrected chi connectivity index (χ0v) is 21.9. The van der Waals surface area contributed by atoms with Gasteiger partial charge in [-0.15, -0.1) is 0 Å². The van der Waals surface area contributed by atoms with E-state index in [1.807, 2.05) is 66.7 Å². The largest absolute Gasteiger partial charge is 0.321 e.